The molecule has 1 atom stereocenters. The summed E-state index contributed by atoms with van der Waals surface area (Å²) in [5, 5.41) is 0. The summed E-state index contributed by atoms with van der Waals surface area (Å²) in [4.78, 5) is 21.9. The Hall–Kier alpha value is -1.10. The van der Waals surface area contributed by atoms with E-state index in [0.717, 1.165) is 0 Å². The van der Waals surface area contributed by atoms with Gasteiger partial charge in [-0.05, 0) is 20.3 Å². The molecule has 0 saturated carbocycles. The molecule has 82 valence electrons. The molecule has 0 bridgehead atoms. The monoisotopic (exact) mass is 204 g/mol. The molecule has 0 heterocycles. The van der Waals surface area contributed by atoms with Gasteiger partial charge in [0.15, 0.2) is 0 Å². The predicted octanol–water partition coefficient (Wildman–Crippen LogP) is 0.220. The van der Waals surface area contributed by atoms with E-state index in [1.54, 1.807) is 13.8 Å². The van der Waals surface area contributed by atoms with Crippen LogP contribution in [0.2, 0.25) is 0 Å². The van der Waals surface area contributed by atoms with Crippen LogP contribution in [-0.4, -0.2) is 31.2 Å². The quantitative estimate of drug-likeness (QED) is 0.494. The third-order valence-corrected chi connectivity index (χ3v) is 1.55. The number of rotatable bonds is 6. The van der Waals surface area contributed by atoms with Crippen molar-refractivity contribution in [3.05, 3.63) is 0 Å². The van der Waals surface area contributed by atoms with Crippen molar-refractivity contribution in [2.75, 3.05) is 13.2 Å². The van der Waals surface area contributed by atoms with Crippen LogP contribution in [0.4, 0.5) is 0 Å². The highest BCUT2D eigenvalue weighted by Gasteiger charge is 2.16. The highest BCUT2D eigenvalue weighted by molar-refractivity contribution is 5.77. The van der Waals surface area contributed by atoms with Crippen molar-refractivity contribution < 1.29 is 19.1 Å². The van der Waals surface area contributed by atoms with Gasteiger partial charge in [0.05, 0.1) is 13.2 Å². The topological polar surface area (TPSA) is 78.6 Å². The van der Waals surface area contributed by atoms with Gasteiger partial charge in [-0.1, -0.05) is 0 Å². The molecule has 0 radical (unpaired) electrons. The molecule has 0 rings (SSSR count). The average Bonchev–Trinajstić information content (AvgIpc) is 2.15. The van der Waals surface area contributed by atoms with Gasteiger partial charge >= 0.3 is 11.9 Å². The Kier molecular flexibility index (Phi) is 6.74. The van der Waals surface area contributed by atoms with Gasteiger partial charge in [0.2, 0.25) is 0 Å². The second-order valence-corrected chi connectivity index (χ2v) is 2.70. The van der Waals surface area contributed by atoms with E-state index in [-0.39, 0.29) is 18.8 Å². The summed E-state index contributed by atoms with van der Waals surface area (Å²) in [7, 11) is 0. The number of esters is 2. The van der Waals surface area contributed by atoms with Crippen molar-refractivity contribution in [3.63, 3.8) is 0 Å². The second-order valence-electron chi connectivity index (χ2n) is 2.70. The number of ether oxygens (including phenoxy) is 2. The fourth-order valence-electron chi connectivity index (χ4n) is 0.874. The molecule has 0 unspecified atom stereocenters. The number of carbonyl (C=O) groups excluding carboxylic acids is 2. The summed E-state index contributed by atoms with van der Waals surface area (Å²) in [6, 6.07) is -0.737. The molecule has 0 amide bonds. The summed E-state index contributed by atoms with van der Waals surface area (Å²) < 4.78 is 9.37. The van der Waals surface area contributed by atoms with E-state index < -0.39 is 12.0 Å². The van der Waals surface area contributed by atoms with Crippen LogP contribution in [0.15, 0.2) is 0 Å². The molecule has 0 aromatic carbocycles. The Morgan fingerprint density at radius 3 is 2.29 bits per heavy atom. The van der Waals surface area contributed by atoms with Crippen molar-refractivity contribution in [2.24, 2.45) is 5.73 Å². The van der Waals surface area contributed by atoms with Gasteiger partial charge in [-0.25, -0.2) is 0 Å². The summed E-state index contributed by atoms with van der Waals surface area (Å²) in [6.07, 6.45) is 0.408. The molecule has 5 heteroatoms. The van der Waals surface area contributed by atoms with Crippen molar-refractivity contribution >= 4 is 11.9 Å². The van der Waals surface area contributed by atoms with Crippen LogP contribution in [0.1, 0.15) is 26.7 Å². The van der Waals surface area contributed by atoms with E-state index in [1.807, 2.05) is 0 Å². The summed E-state index contributed by atoms with van der Waals surface area (Å²) in [5.74, 6) is -0.816. The van der Waals surface area contributed by atoms with Gasteiger partial charge in [-0.15, -0.1) is 0 Å². The van der Waals surface area contributed by atoms with Crippen LogP contribution in [0.3, 0.4) is 0 Å². The van der Waals surface area contributed by atoms with Crippen molar-refractivity contribution in [3.8, 4) is 0 Å². The van der Waals surface area contributed by atoms with Gasteiger partial charge in [0.25, 0.3) is 0 Å². The molecule has 0 spiro atoms. The van der Waals surface area contributed by atoms with E-state index in [1.165, 1.54) is 0 Å². The first-order chi connectivity index (χ1) is 6.61. The molecule has 0 aliphatic carbocycles. The summed E-state index contributed by atoms with van der Waals surface area (Å²) in [5.41, 5.74) is 5.47. The zero-order chi connectivity index (χ0) is 11.0. The average molecular weight is 204 g/mol. The summed E-state index contributed by atoms with van der Waals surface area (Å²) >= 11 is 0. The molecule has 0 saturated heterocycles. The Morgan fingerprint density at radius 2 is 1.79 bits per heavy atom. The Bertz CT molecular complexity index is 193. The highest BCUT2D eigenvalue weighted by Crippen LogP contribution is 1.99. The van der Waals surface area contributed by atoms with Gasteiger partial charge < -0.3 is 15.2 Å². The number of hydrogen-bond acceptors (Lipinski definition) is 5. The first-order valence-electron chi connectivity index (χ1n) is 4.69. The minimum Gasteiger partial charge on any atom is -0.466 e. The van der Waals surface area contributed by atoms with E-state index in [2.05, 4.69) is 9.47 Å². The molecular formula is C9H17NO4. The Labute approximate surface area is 83.5 Å². The molecule has 14 heavy (non-hydrogen) atoms. The zero-order valence-corrected chi connectivity index (χ0v) is 8.62. The van der Waals surface area contributed by atoms with Crippen LogP contribution in [0, 0.1) is 0 Å². The lowest BCUT2D eigenvalue weighted by atomic mass is 10.3. The van der Waals surface area contributed by atoms with Gasteiger partial charge in [0, 0.05) is 6.42 Å². The maximum Gasteiger partial charge on any atom is 0.322 e. The van der Waals surface area contributed by atoms with Gasteiger partial charge in [-0.2, -0.15) is 0 Å². The maximum absolute atomic E-state index is 11.0. The zero-order valence-electron chi connectivity index (χ0n) is 8.62. The number of hydrogen-bond donors (Lipinski definition) is 1. The standard InChI is InChI=1S/C9H17NO4/c1-3-13-8(11)6-5-7(10)9(12)14-4-2/h7H,3-6,10H2,1-2H3/t7-/m0/s1/i7+1. The predicted molar refractivity (Wildman–Crippen MR) is 50.5 cm³/mol. The fraction of sp³-hybridized carbons (Fsp3) is 0.778. The molecule has 5 nitrogen and oxygen atoms in total. The molecule has 0 aromatic rings. The molecule has 0 fully saturated rings. The lowest BCUT2D eigenvalue weighted by molar-refractivity contribution is -0.146. The van der Waals surface area contributed by atoms with E-state index >= 15 is 0 Å². The third kappa shape index (κ3) is 5.53. The van der Waals surface area contributed by atoms with Crippen molar-refractivity contribution in [2.45, 2.75) is 32.7 Å². The molecule has 0 aromatic heterocycles. The second kappa shape index (κ2) is 7.32. The van der Waals surface area contributed by atoms with Crippen LogP contribution in [0.25, 0.3) is 0 Å². The normalized spacial score (nSPS) is 11.9. The van der Waals surface area contributed by atoms with Crippen molar-refractivity contribution in [1.82, 2.24) is 0 Å². The van der Waals surface area contributed by atoms with Crippen LogP contribution in [0.5, 0.6) is 0 Å². The Balaban J connectivity index is 3.67. The lowest BCUT2D eigenvalue weighted by Crippen LogP contribution is -2.32. The number of carbonyl (C=O) groups is 2. The first-order valence-corrected chi connectivity index (χ1v) is 4.69. The minimum atomic E-state index is -0.737. The Morgan fingerprint density at radius 1 is 1.21 bits per heavy atom. The fourth-order valence-corrected chi connectivity index (χ4v) is 0.874. The lowest BCUT2D eigenvalue weighted by Gasteiger charge is -2.09. The highest BCUT2D eigenvalue weighted by atomic mass is 16.5. The summed E-state index contributed by atoms with van der Waals surface area (Å²) in [6.45, 7) is 4.07. The smallest absolute Gasteiger partial charge is 0.322 e. The number of nitrogens with two attached hydrogens (primary N) is 1. The van der Waals surface area contributed by atoms with Crippen molar-refractivity contribution in [1.29, 1.82) is 0 Å². The maximum atomic E-state index is 11.0. The third-order valence-electron chi connectivity index (χ3n) is 1.55. The van der Waals surface area contributed by atoms with E-state index in [9.17, 15) is 9.59 Å². The largest absolute Gasteiger partial charge is 0.466 e. The molecular weight excluding hydrogens is 187 g/mol. The van der Waals surface area contributed by atoms with Gasteiger partial charge in [-0.3, -0.25) is 9.59 Å². The van der Waals surface area contributed by atoms with Gasteiger partial charge in [0.1, 0.15) is 6.04 Å². The van der Waals surface area contributed by atoms with Crippen LogP contribution < -0.4 is 5.73 Å². The minimum absolute atomic E-state index is 0.147. The molecule has 0 aliphatic rings. The van der Waals surface area contributed by atoms with Crippen LogP contribution in [-0.2, 0) is 19.1 Å². The molecule has 0 aliphatic heterocycles. The SMILES string of the molecule is CCOC(=O)CC[13C@H](N)C(=O)OCC. The first kappa shape index (κ1) is 12.9. The van der Waals surface area contributed by atoms with E-state index in [4.69, 9.17) is 5.73 Å². The van der Waals surface area contributed by atoms with Crippen LogP contribution >= 0.6 is 0 Å². The molecule has 2 N–H and O–H groups in total. The van der Waals surface area contributed by atoms with E-state index in [0.29, 0.717) is 13.2 Å².